The number of carbonyl (C=O) groups excluding carboxylic acids is 1. The molecule has 0 fully saturated rings. The fourth-order valence-electron chi connectivity index (χ4n) is 3.18. The first-order valence-corrected chi connectivity index (χ1v) is 12.7. The van der Waals surface area contributed by atoms with Crippen LogP contribution < -0.4 is 20.1 Å². The van der Waals surface area contributed by atoms with E-state index in [1.807, 2.05) is 0 Å². The molecule has 0 bridgehead atoms. The minimum Gasteiger partial charge on any atom is -0.497 e. The highest BCUT2D eigenvalue weighted by molar-refractivity contribution is 7.90. The SMILES string of the molecule is COc1ccc(C(=O)Nc2ccc(NCS(C)(=O)=O)c(OCc3cc(C(F)(F)F)ccc3C)c2)cc1. The van der Waals surface area contributed by atoms with Gasteiger partial charge in [-0.15, -0.1) is 0 Å². The molecule has 3 aromatic rings. The minimum absolute atomic E-state index is 0.156. The Balaban J connectivity index is 1.85. The normalized spacial score (nSPS) is 11.6. The van der Waals surface area contributed by atoms with Crippen molar-refractivity contribution in [2.24, 2.45) is 0 Å². The van der Waals surface area contributed by atoms with Gasteiger partial charge in [-0.2, -0.15) is 13.2 Å². The van der Waals surface area contributed by atoms with Gasteiger partial charge in [0, 0.05) is 23.6 Å². The van der Waals surface area contributed by atoms with Crippen LogP contribution in [0.25, 0.3) is 0 Å². The van der Waals surface area contributed by atoms with E-state index >= 15 is 0 Å². The van der Waals surface area contributed by atoms with Gasteiger partial charge in [-0.1, -0.05) is 6.07 Å². The number of halogens is 3. The van der Waals surface area contributed by atoms with Crippen LogP contribution in [0.3, 0.4) is 0 Å². The first-order chi connectivity index (χ1) is 16.9. The zero-order chi connectivity index (χ0) is 26.5. The molecule has 0 heterocycles. The Morgan fingerprint density at radius 3 is 2.31 bits per heavy atom. The highest BCUT2D eigenvalue weighted by atomic mass is 32.2. The van der Waals surface area contributed by atoms with Crippen LogP contribution in [0.15, 0.2) is 60.7 Å². The third kappa shape index (κ3) is 7.38. The van der Waals surface area contributed by atoms with Crippen molar-refractivity contribution in [1.29, 1.82) is 0 Å². The number of hydrogen-bond acceptors (Lipinski definition) is 6. The third-order valence-corrected chi connectivity index (χ3v) is 5.84. The molecule has 0 saturated heterocycles. The van der Waals surface area contributed by atoms with Gasteiger partial charge in [-0.3, -0.25) is 4.79 Å². The Morgan fingerprint density at radius 2 is 1.69 bits per heavy atom. The molecule has 0 spiro atoms. The molecule has 1 amide bonds. The molecule has 7 nitrogen and oxygen atoms in total. The molecule has 0 aliphatic heterocycles. The van der Waals surface area contributed by atoms with Crippen LogP contribution in [0.4, 0.5) is 24.5 Å². The Morgan fingerprint density at radius 1 is 1.00 bits per heavy atom. The second-order valence-corrected chi connectivity index (χ2v) is 10.2. The monoisotopic (exact) mass is 522 g/mol. The lowest BCUT2D eigenvalue weighted by molar-refractivity contribution is -0.137. The molecular weight excluding hydrogens is 497 g/mol. The molecule has 3 rings (SSSR count). The number of amides is 1. The highest BCUT2D eigenvalue weighted by Crippen LogP contribution is 2.33. The zero-order valence-corrected chi connectivity index (χ0v) is 20.6. The number of methoxy groups -OCH3 is 1. The summed E-state index contributed by atoms with van der Waals surface area (Å²) in [5.74, 6) is -0.0469. The molecule has 0 atom stereocenters. The summed E-state index contributed by atoms with van der Waals surface area (Å²) in [7, 11) is -1.87. The van der Waals surface area contributed by atoms with E-state index in [2.05, 4.69) is 10.6 Å². The van der Waals surface area contributed by atoms with Gasteiger partial charge >= 0.3 is 6.18 Å². The summed E-state index contributed by atoms with van der Waals surface area (Å²) in [6.45, 7) is 1.45. The van der Waals surface area contributed by atoms with Crippen molar-refractivity contribution in [2.45, 2.75) is 19.7 Å². The van der Waals surface area contributed by atoms with Gasteiger partial charge < -0.3 is 20.1 Å². The van der Waals surface area contributed by atoms with Crippen LogP contribution in [-0.2, 0) is 22.6 Å². The smallest absolute Gasteiger partial charge is 0.416 e. The first-order valence-electron chi connectivity index (χ1n) is 10.7. The summed E-state index contributed by atoms with van der Waals surface area (Å²) in [5.41, 5.74) is 1.12. The summed E-state index contributed by atoms with van der Waals surface area (Å²) < 4.78 is 73.5. The average Bonchev–Trinajstić information content (AvgIpc) is 2.81. The highest BCUT2D eigenvalue weighted by Gasteiger charge is 2.30. The molecule has 3 aromatic carbocycles. The molecule has 11 heteroatoms. The largest absolute Gasteiger partial charge is 0.497 e. The van der Waals surface area contributed by atoms with E-state index < -0.39 is 27.5 Å². The number of benzene rings is 3. The number of hydrogen-bond donors (Lipinski definition) is 2. The molecule has 36 heavy (non-hydrogen) atoms. The summed E-state index contributed by atoms with van der Waals surface area (Å²) in [6.07, 6.45) is -3.45. The minimum atomic E-state index is -4.50. The van der Waals surface area contributed by atoms with E-state index in [0.717, 1.165) is 18.4 Å². The molecule has 0 aliphatic rings. The summed E-state index contributed by atoms with van der Waals surface area (Å²) >= 11 is 0. The van der Waals surface area contributed by atoms with Crippen LogP contribution in [-0.4, -0.2) is 33.6 Å². The van der Waals surface area contributed by atoms with Crippen LogP contribution >= 0.6 is 0 Å². The molecule has 0 saturated carbocycles. The number of sulfone groups is 1. The third-order valence-electron chi connectivity index (χ3n) is 5.18. The number of carbonyl (C=O) groups is 1. The Bertz CT molecular complexity index is 1340. The predicted molar refractivity (Wildman–Crippen MR) is 131 cm³/mol. The van der Waals surface area contributed by atoms with Gasteiger partial charge in [0.2, 0.25) is 0 Å². The van der Waals surface area contributed by atoms with Gasteiger partial charge in [0.05, 0.1) is 18.4 Å². The number of ether oxygens (including phenoxy) is 2. The molecule has 0 radical (unpaired) electrons. The number of rotatable bonds is 9. The van der Waals surface area contributed by atoms with Crippen molar-refractivity contribution < 1.29 is 35.9 Å². The van der Waals surface area contributed by atoms with Gasteiger partial charge in [-0.25, -0.2) is 8.42 Å². The molecule has 0 aromatic heterocycles. The van der Waals surface area contributed by atoms with Gasteiger partial charge in [0.25, 0.3) is 5.91 Å². The lowest BCUT2D eigenvalue weighted by Gasteiger charge is -2.17. The van der Waals surface area contributed by atoms with Crippen molar-refractivity contribution in [3.8, 4) is 11.5 Å². The van der Waals surface area contributed by atoms with E-state index in [1.54, 1.807) is 37.3 Å². The van der Waals surface area contributed by atoms with Crippen LogP contribution in [0.5, 0.6) is 11.5 Å². The van der Waals surface area contributed by atoms with Crippen molar-refractivity contribution in [1.82, 2.24) is 0 Å². The first kappa shape index (κ1) is 26.9. The lowest BCUT2D eigenvalue weighted by atomic mass is 10.1. The fourth-order valence-corrected chi connectivity index (χ4v) is 3.60. The van der Waals surface area contributed by atoms with E-state index in [4.69, 9.17) is 9.47 Å². The van der Waals surface area contributed by atoms with E-state index in [0.29, 0.717) is 33.8 Å². The van der Waals surface area contributed by atoms with E-state index in [-0.39, 0.29) is 18.2 Å². The van der Waals surface area contributed by atoms with Gasteiger partial charge in [0.1, 0.15) is 24.0 Å². The molecule has 192 valence electrons. The number of nitrogens with one attached hydrogen (secondary N) is 2. The maximum atomic E-state index is 13.1. The van der Waals surface area contributed by atoms with Crippen LogP contribution in [0.2, 0.25) is 0 Å². The van der Waals surface area contributed by atoms with E-state index in [9.17, 15) is 26.4 Å². The topological polar surface area (TPSA) is 93.7 Å². The average molecular weight is 523 g/mol. The van der Waals surface area contributed by atoms with Crippen molar-refractivity contribution in [3.63, 3.8) is 0 Å². The van der Waals surface area contributed by atoms with Crippen molar-refractivity contribution in [3.05, 3.63) is 82.9 Å². The summed E-state index contributed by atoms with van der Waals surface area (Å²) in [6, 6.07) is 14.3. The standard InChI is InChI=1S/C25H25F3N2O5S/c1-16-4-7-19(25(26,27)28)12-18(16)14-35-23-13-20(8-11-22(23)29-15-36(3,32)33)30-24(31)17-5-9-21(34-2)10-6-17/h4-13,29H,14-15H2,1-3H3,(H,30,31). The second-order valence-electron chi connectivity index (χ2n) is 8.07. The van der Waals surface area contributed by atoms with Gasteiger partial charge in [0.15, 0.2) is 9.84 Å². The zero-order valence-electron chi connectivity index (χ0n) is 19.8. The Labute approximate surface area is 207 Å². The second kappa shape index (κ2) is 10.9. The van der Waals surface area contributed by atoms with Crippen molar-refractivity contribution >= 4 is 27.1 Å². The quantitative estimate of drug-likeness (QED) is 0.398. The lowest BCUT2D eigenvalue weighted by Crippen LogP contribution is -2.14. The molecule has 0 unspecified atom stereocenters. The van der Waals surface area contributed by atoms with Gasteiger partial charge in [-0.05, 0) is 66.6 Å². The Kier molecular flexibility index (Phi) is 8.13. The van der Waals surface area contributed by atoms with Crippen molar-refractivity contribution in [2.75, 3.05) is 29.9 Å². The number of anilines is 2. The summed E-state index contributed by atoms with van der Waals surface area (Å²) in [4.78, 5) is 12.6. The fraction of sp³-hybridized carbons (Fsp3) is 0.240. The van der Waals surface area contributed by atoms with Crippen LogP contribution in [0.1, 0.15) is 27.0 Å². The maximum Gasteiger partial charge on any atom is 0.416 e. The van der Waals surface area contributed by atoms with E-state index in [1.165, 1.54) is 25.3 Å². The molecule has 2 N–H and O–H groups in total. The summed E-state index contributed by atoms with van der Waals surface area (Å²) in [5, 5.41) is 5.46. The molecular formula is C25H25F3N2O5S. The Hall–Kier alpha value is -3.73. The molecule has 0 aliphatic carbocycles. The number of alkyl halides is 3. The van der Waals surface area contributed by atoms with Crippen LogP contribution in [0, 0.1) is 6.92 Å². The number of aryl methyl sites for hydroxylation is 1. The maximum absolute atomic E-state index is 13.1. The predicted octanol–water partition coefficient (Wildman–Crippen LogP) is 5.27.